The Morgan fingerprint density at radius 3 is 2.35 bits per heavy atom. The molecular weight excluding hydrogens is 390 g/mol. The van der Waals surface area contributed by atoms with Gasteiger partial charge in [0.25, 0.3) is 11.8 Å². The Kier molecular flexibility index (Phi) is 5.33. The number of carbonyl (C=O) groups excluding carboxylic acids is 3. The number of rotatable bonds is 3. The van der Waals surface area contributed by atoms with E-state index in [1.807, 2.05) is 54.6 Å². The summed E-state index contributed by atoms with van der Waals surface area (Å²) in [6, 6.07) is 16.7. The Morgan fingerprint density at radius 2 is 1.71 bits per heavy atom. The van der Waals surface area contributed by atoms with E-state index in [9.17, 15) is 14.4 Å². The van der Waals surface area contributed by atoms with Crippen LogP contribution in [0.3, 0.4) is 0 Å². The van der Waals surface area contributed by atoms with E-state index in [2.05, 4.69) is 26.1 Å². The lowest BCUT2D eigenvalue weighted by Crippen LogP contribution is -2.59. The predicted molar refractivity (Wildman–Crippen MR) is 119 cm³/mol. The third kappa shape index (κ3) is 4.07. The minimum atomic E-state index is -1.04. The molecule has 2 saturated heterocycles. The molecule has 4 amide bonds. The number of imide groups is 1. The summed E-state index contributed by atoms with van der Waals surface area (Å²) in [7, 11) is 0. The van der Waals surface area contributed by atoms with Gasteiger partial charge in [0.15, 0.2) is 0 Å². The fourth-order valence-corrected chi connectivity index (χ4v) is 4.39. The normalized spacial score (nSPS) is 21.5. The maximum atomic E-state index is 13.3. The molecule has 2 heterocycles. The van der Waals surface area contributed by atoms with Gasteiger partial charge in [0.05, 0.1) is 13.1 Å². The molecule has 6 nitrogen and oxygen atoms in total. The van der Waals surface area contributed by atoms with E-state index in [-0.39, 0.29) is 30.3 Å². The van der Waals surface area contributed by atoms with Crippen molar-refractivity contribution in [2.24, 2.45) is 0 Å². The lowest BCUT2D eigenvalue weighted by molar-refractivity contribution is -0.133. The number of carbonyl (C=O) groups is 3. The van der Waals surface area contributed by atoms with Crippen LogP contribution in [0, 0.1) is 0 Å². The number of piperidine rings is 1. The van der Waals surface area contributed by atoms with Crippen molar-refractivity contribution in [3.05, 3.63) is 71.3 Å². The van der Waals surface area contributed by atoms with E-state index >= 15 is 0 Å². The molecule has 162 valence electrons. The van der Waals surface area contributed by atoms with E-state index in [1.54, 1.807) is 4.90 Å². The molecule has 31 heavy (non-hydrogen) atoms. The van der Waals surface area contributed by atoms with E-state index in [4.69, 9.17) is 0 Å². The van der Waals surface area contributed by atoms with Crippen molar-refractivity contribution < 1.29 is 14.4 Å². The first-order valence-corrected chi connectivity index (χ1v) is 10.8. The highest BCUT2D eigenvalue weighted by Gasteiger charge is 2.53. The molecule has 4 rings (SSSR count). The van der Waals surface area contributed by atoms with Crippen LogP contribution in [0.1, 0.15) is 55.1 Å². The van der Waals surface area contributed by atoms with Gasteiger partial charge in [0.1, 0.15) is 5.54 Å². The summed E-state index contributed by atoms with van der Waals surface area (Å²) in [5.41, 5.74) is 1.63. The SMILES string of the molecule is CC(C)(C)c1ccc(C(=O)N2CCCC3(C2)NC(=O)N(Cc2ccccc2)C3=O)cc1. The molecular formula is C25H29N3O3. The topological polar surface area (TPSA) is 69.7 Å². The second-order valence-corrected chi connectivity index (χ2v) is 9.55. The van der Waals surface area contributed by atoms with Crippen molar-refractivity contribution in [3.8, 4) is 0 Å². The lowest BCUT2D eigenvalue weighted by atomic mass is 9.86. The molecule has 2 aromatic carbocycles. The number of benzene rings is 2. The van der Waals surface area contributed by atoms with Gasteiger partial charge in [0.2, 0.25) is 0 Å². The summed E-state index contributed by atoms with van der Waals surface area (Å²) in [5, 5.41) is 2.90. The maximum absolute atomic E-state index is 13.3. The number of urea groups is 1. The Balaban J connectivity index is 1.50. The summed E-state index contributed by atoms with van der Waals surface area (Å²) in [6.45, 7) is 7.40. The molecule has 2 aliphatic rings. The van der Waals surface area contributed by atoms with Crippen LogP contribution in [0.2, 0.25) is 0 Å². The molecule has 2 aromatic rings. The Labute approximate surface area is 183 Å². The Hall–Kier alpha value is -3.15. The average Bonchev–Trinajstić information content (AvgIpc) is 2.97. The van der Waals surface area contributed by atoms with Crippen molar-refractivity contribution in [3.63, 3.8) is 0 Å². The van der Waals surface area contributed by atoms with Gasteiger partial charge in [-0.25, -0.2) is 4.79 Å². The first-order chi connectivity index (χ1) is 14.7. The minimum Gasteiger partial charge on any atom is -0.336 e. The molecule has 0 aliphatic carbocycles. The molecule has 1 unspecified atom stereocenters. The Morgan fingerprint density at radius 1 is 1.03 bits per heavy atom. The molecule has 1 N–H and O–H groups in total. The zero-order valence-corrected chi connectivity index (χ0v) is 18.4. The summed E-state index contributed by atoms with van der Waals surface area (Å²) >= 11 is 0. The molecule has 2 fully saturated rings. The minimum absolute atomic E-state index is 0.0134. The van der Waals surface area contributed by atoms with Crippen LogP contribution in [-0.4, -0.2) is 46.3 Å². The zero-order valence-electron chi connectivity index (χ0n) is 18.4. The number of nitrogens with one attached hydrogen (secondary N) is 1. The van der Waals surface area contributed by atoms with Crippen LogP contribution in [-0.2, 0) is 16.8 Å². The third-order valence-electron chi connectivity index (χ3n) is 6.21. The van der Waals surface area contributed by atoms with Gasteiger partial charge in [-0.1, -0.05) is 63.2 Å². The highest BCUT2D eigenvalue weighted by Crippen LogP contribution is 2.30. The molecule has 0 bridgehead atoms. The lowest BCUT2D eigenvalue weighted by Gasteiger charge is -2.38. The quantitative estimate of drug-likeness (QED) is 0.771. The van der Waals surface area contributed by atoms with Crippen molar-refractivity contribution in [2.75, 3.05) is 13.1 Å². The molecule has 6 heteroatoms. The van der Waals surface area contributed by atoms with Crippen LogP contribution in [0.4, 0.5) is 4.79 Å². The molecule has 0 saturated carbocycles. The van der Waals surface area contributed by atoms with Gasteiger partial charge in [-0.05, 0) is 41.5 Å². The van der Waals surface area contributed by atoms with Crippen LogP contribution in [0.25, 0.3) is 0 Å². The number of hydrogen-bond acceptors (Lipinski definition) is 3. The standard InChI is InChI=1S/C25H29N3O3/c1-24(2,3)20-12-10-19(11-13-20)21(29)27-15-7-14-25(17-27)22(30)28(23(31)26-25)16-18-8-5-4-6-9-18/h4-6,8-13H,7,14-17H2,1-3H3,(H,26,31). The fraction of sp³-hybridized carbons (Fsp3) is 0.400. The van der Waals surface area contributed by atoms with Crippen LogP contribution in [0.5, 0.6) is 0 Å². The summed E-state index contributed by atoms with van der Waals surface area (Å²) in [6.07, 6.45) is 1.20. The van der Waals surface area contributed by atoms with E-state index in [0.29, 0.717) is 24.9 Å². The van der Waals surface area contributed by atoms with Gasteiger partial charge in [-0.15, -0.1) is 0 Å². The second kappa shape index (κ2) is 7.84. The number of hydrogen-bond donors (Lipinski definition) is 1. The number of nitrogens with zero attached hydrogens (tertiary/aromatic N) is 2. The van der Waals surface area contributed by atoms with Crippen molar-refractivity contribution in [1.82, 2.24) is 15.1 Å². The van der Waals surface area contributed by atoms with Crippen LogP contribution in [0.15, 0.2) is 54.6 Å². The van der Waals surface area contributed by atoms with Crippen molar-refractivity contribution >= 4 is 17.8 Å². The summed E-state index contributed by atoms with van der Waals surface area (Å²) in [5.74, 6) is -0.356. The molecule has 1 spiro atoms. The summed E-state index contributed by atoms with van der Waals surface area (Å²) < 4.78 is 0. The van der Waals surface area contributed by atoms with Crippen molar-refractivity contribution in [2.45, 2.75) is 51.1 Å². The van der Waals surface area contributed by atoms with Crippen LogP contribution < -0.4 is 5.32 Å². The van der Waals surface area contributed by atoms with Crippen molar-refractivity contribution in [1.29, 1.82) is 0 Å². The molecule has 1 atom stereocenters. The van der Waals surface area contributed by atoms with Gasteiger partial charge in [-0.3, -0.25) is 14.5 Å². The van der Waals surface area contributed by atoms with Gasteiger partial charge in [0, 0.05) is 12.1 Å². The summed E-state index contributed by atoms with van der Waals surface area (Å²) in [4.78, 5) is 42.0. The highest BCUT2D eigenvalue weighted by molar-refractivity contribution is 6.07. The molecule has 0 aromatic heterocycles. The van der Waals surface area contributed by atoms with Gasteiger partial charge >= 0.3 is 6.03 Å². The smallest absolute Gasteiger partial charge is 0.325 e. The van der Waals surface area contributed by atoms with E-state index in [1.165, 1.54) is 4.90 Å². The monoisotopic (exact) mass is 419 g/mol. The molecule has 2 aliphatic heterocycles. The highest BCUT2D eigenvalue weighted by atomic mass is 16.2. The third-order valence-corrected chi connectivity index (χ3v) is 6.21. The first-order valence-electron chi connectivity index (χ1n) is 10.8. The fourth-order valence-electron chi connectivity index (χ4n) is 4.39. The van der Waals surface area contributed by atoms with E-state index in [0.717, 1.165) is 11.1 Å². The maximum Gasteiger partial charge on any atom is 0.325 e. The average molecular weight is 420 g/mol. The largest absolute Gasteiger partial charge is 0.336 e. The zero-order chi connectivity index (χ0) is 22.2. The predicted octanol–water partition coefficient (Wildman–Crippen LogP) is 3.71. The Bertz CT molecular complexity index is 995. The first kappa shape index (κ1) is 21.1. The number of amides is 4. The second-order valence-electron chi connectivity index (χ2n) is 9.55. The van der Waals surface area contributed by atoms with Gasteiger partial charge < -0.3 is 10.2 Å². The van der Waals surface area contributed by atoms with Gasteiger partial charge in [-0.2, -0.15) is 0 Å². The van der Waals surface area contributed by atoms with Crippen LogP contribution >= 0.6 is 0 Å². The number of likely N-dealkylation sites (tertiary alicyclic amines) is 1. The van der Waals surface area contributed by atoms with E-state index < -0.39 is 11.6 Å². The molecule has 0 radical (unpaired) electrons.